The van der Waals surface area contributed by atoms with E-state index in [-0.39, 0.29) is 6.09 Å². The highest BCUT2D eigenvalue weighted by Gasteiger charge is 2.23. The van der Waals surface area contributed by atoms with E-state index in [4.69, 9.17) is 9.47 Å². The van der Waals surface area contributed by atoms with Crippen molar-refractivity contribution in [3.8, 4) is 0 Å². The average molecular weight is 320 g/mol. The van der Waals surface area contributed by atoms with Crippen molar-refractivity contribution < 1.29 is 14.3 Å². The van der Waals surface area contributed by atoms with Crippen LogP contribution in [-0.4, -0.2) is 48.9 Å². The Morgan fingerprint density at radius 3 is 2.78 bits per heavy atom. The monoisotopic (exact) mass is 320 g/mol. The molecule has 1 N–H and O–H groups in total. The van der Waals surface area contributed by atoms with Gasteiger partial charge >= 0.3 is 6.09 Å². The Morgan fingerprint density at radius 1 is 1.35 bits per heavy atom. The summed E-state index contributed by atoms with van der Waals surface area (Å²) in [7, 11) is 0. The van der Waals surface area contributed by atoms with Crippen molar-refractivity contribution in [2.75, 3.05) is 26.3 Å². The van der Waals surface area contributed by atoms with Gasteiger partial charge in [-0.15, -0.1) is 0 Å². The standard InChI is InChI=1S/C18H28N2O3/c1-18(2,3)23-17(21)19-10-9-16-14-22-12-11-20(16)13-15-7-5-4-6-8-15/h4-8,16H,9-14H2,1-3H3,(H,19,21)/t16-/m1/s1. The highest BCUT2D eigenvalue weighted by atomic mass is 16.6. The molecule has 1 atom stereocenters. The molecule has 23 heavy (non-hydrogen) atoms. The predicted molar refractivity (Wildman–Crippen MR) is 90.3 cm³/mol. The first-order valence-corrected chi connectivity index (χ1v) is 8.26. The minimum absolute atomic E-state index is 0.318. The van der Waals surface area contributed by atoms with Gasteiger partial charge in [0.05, 0.1) is 13.2 Å². The number of alkyl carbamates (subject to hydrolysis) is 1. The second-order valence-corrected chi connectivity index (χ2v) is 6.90. The highest BCUT2D eigenvalue weighted by molar-refractivity contribution is 5.67. The Hall–Kier alpha value is -1.59. The summed E-state index contributed by atoms with van der Waals surface area (Å²) in [6.07, 6.45) is 0.496. The van der Waals surface area contributed by atoms with E-state index in [1.165, 1.54) is 5.56 Å². The van der Waals surface area contributed by atoms with Gasteiger partial charge in [-0.05, 0) is 32.8 Å². The topological polar surface area (TPSA) is 50.8 Å². The van der Waals surface area contributed by atoms with E-state index in [9.17, 15) is 4.79 Å². The number of nitrogens with one attached hydrogen (secondary N) is 1. The molecule has 0 aromatic heterocycles. The average Bonchev–Trinajstić information content (AvgIpc) is 2.48. The number of carbonyl (C=O) groups excluding carboxylic acids is 1. The molecule has 1 fully saturated rings. The van der Waals surface area contributed by atoms with Gasteiger partial charge in [0.25, 0.3) is 0 Å². The second-order valence-electron chi connectivity index (χ2n) is 6.90. The van der Waals surface area contributed by atoms with Gasteiger partial charge in [0, 0.05) is 25.7 Å². The number of hydrogen-bond donors (Lipinski definition) is 1. The molecule has 1 saturated heterocycles. The molecule has 0 aliphatic carbocycles. The summed E-state index contributed by atoms with van der Waals surface area (Å²) in [6, 6.07) is 10.8. The van der Waals surface area contributed by atoms with Crippen molar-refractivity contribution in [1.82, 2.24) is 10.2 Å². The third-order valence-corrected chi connectivity index (χ3v) is 3.72. The zero-order valence-electron chi connectivity index (χ0n) is 14.4. The van der Waals surface area contributed by atoms with Gasteiger partial charge in [-0.25, -0.2) is 4.79 Å². The number of ether oxygens (including phenoxy) is 2. The molecule has 5 heteroatoms. The van der Waals surface area contributed by atoms with E-state index in [0.29, 0.717) is 19.2 Å². The smallest absolute Gasteiger partial charge is 0.407 e. The predicted octanol–water partition coefficient (Wildman–Crippen LogP) is 2.80. The lowest BCUT2D eigenvalue weighted by atomic mass is 10.1. The molecule has 2 rings (SSSR count). The summed E-state index contributed by atoms with van der Waals surface area (Å²) in [4.78, 5) is 14.1. The molecule has 1 aliphatic rings. The van der Waals surface area contributed by atoms with E-state index in [0.717, 1.165) is 26.1 Å². The Kier molecular flexibility index (Phi) is 6.42. The number of rotatable bonds is 5. The normalized spacial score (nSPS) is 19.3. The Morgan fingerprint density at radius 2 is 2.09 bits per heavy atom. The van der Waals surface area contributed by atoms with Crippen LogP contribution in [-0.2, 0) is 16.0 Å². The van der Waals surface area contributed by atoms with Gasteiger partial charge in [-0.3, -0.25) is 4.90 Å². The van der Waals surface area contributed by atoms with Crippen LogP contribution < -0.4 is 5.32 Å². The maximum absolute atomic E-state index is 11.7. The van der Waals surface area contributed by atoms with Crippen LogP contribution >= 0.6 is 0 Å². The van der Waals surface area contributed by atoms with Crippen LogP contribution in [0.5, 0.6) is 0 Å². The fourth-order valence-corrected chi connectivity index (χ4v) is 2.64. The third-order valence-electron chi connectivity index (χ3n) is 3.72. The Labute approximate surface area is 139 Å². The lowest BCUT2D eigenvalue weighted by Crippen LogP contribution is -2.46. The van der Waals surface area contributed by atoms with Crippen molar-refractivity contribution in [1.29, 1.82) is 0 Å². The van der Waals surface area contributed by atoms with Gasteiger partial charge in [-0.2, -0.15) is 0 Å². The summed E-state index contributed by atoms with van der Waals surface area (Å²) in [6.45, 7) is 9.50. The number of nitrogens with zero attached hydrogens (tertiary/aromatic N) is 1. The highest BCUT2D eigenvalue weighted by Crippen LogP contribution is 2.14. The quantitative estimate of drug-likeness (QED) is 0.906. The molecule has 1 aromatic carbocycles. The van der Waals surface area contributed by atoms with Gasteiger partial charge in [-0.1, -0.05) is 30.3 Å². The number of benzene rings is 1. The van der Waals surface area contributed by atoms with Crippen molar-refractivity contribution in [3.05, 3.63) is 35.9 Å². The molecule has 0 saturated carbocycles. The number of morpholine rings is 1. The van der Waals surface area contributed by atoms with E-state index >= 15 is 0 Å². The number of amides is 1. The largest absolute Gasteiger partial charge is 0.444 e. The molecule has 128 valence electrons. The van der Waals surface area contributed by atoms with Gasteiger partial charge in [0.15, 0.2) is 0 Å². The Bertz CT molecular complexity index is 485. The van der Waals surface area contributed by atoms with Crippen LogP contribution in [0.15, 0.2) is 30.3 Å². The maximum atomic E-state index is 11.7. The number of hydrogen-bond acceptors (Lipinski definition) is 4. The van der Waals surface area contributed by atoms with E-state index in [1.54, 1.807) is 0 Å². The van der Waals surface area contributed by atoms with Crippen LogP contribution in [0.3, 0.4) is 0 Å². The zero-order valence-corrected chi connectivity index (χ0v) is 14.4. The van der Waals surface area contributed by atoms with Gasteiger partial charge < -0.3 is 14.8 Å². The van der Waals surface area contributed by atoms with Crippen molar-refractivity contribution in [2.45, 2.75) is 45.4 Å². The minimum Gasteiger partial charge on any atom is -0.444 e. The molecule has 0 radical (unpaired) electrons. The fraction of sp³-hybridized carbons (Fsp3) is 0.611. The van der Waals surface area contributed by atoms with Crippen LogP contribution in [0.25, 0.3) is 0 Å². The lowest BCUT2D eigenvalue weighted by molar-refractivity contribution is -0.0146. The van der Waals surface area contributed by atoms with Crippen molar-refractivity contribution >= 4 is 6.09 Å². The molecule has 0 spiro atoms. The first kappa shape index (κ1) is 17.8. The van der Waals surface area contributed by atoms with Gasteiger partial charge in [0.1, 0.15) is 5.60 Å². The van der Waals surface area contributed by atoms with E-state index in [2.05, 4.69) is 34.5 Å². The first-order valence-electron chi connectivity index (χ1n) is 8.26. The first-order chi connectivity index (χ1) is 10.9. The van der Waals surface area contributed by atoms with Crippen LogP contribution in [0.1, 0.15) is 32.8 Å². The number of carbonyl (C=O) groups is 1. The third kappa shape index (κ3) is 6.59. The van der Waals surface area contributed by atoms with Gasteiger partial charge in [0.2, 0.25) is 0 Å². The molecule has 1 heterocycles. The molecule has 1 aromatic rings. The summed E-state index contributed by atoms with van der Waals surface area (Å²) < 4.78 is 10.9. The fourth-order valence-electron chi connectivity index (χ4n) is 2.64. The molecular formula is C18H28N2O3. The summed E-state index contributed by atoms with van der Waals surface area (Å²) >= 11 is 0. The second kappa shape index (κ2) is 8.31. The van der Waals surface area contributed by atoms with E-state index < -0.39 is 5.60 Å². The van der Waals surface area contributed by atoms with Crippen molar-refractivity contribution in [3.63, 3.8) is 0 Å². The summed E-state index contributed by atoms with van der Waals surface area (Å²) in [5.41, 5.74) is 0.844. The summed E-state index contributed by atoms with van der Waals surface area (Å²) in [5.74, 6) is 0. The van der Waals surface area contributed by atoms with Crippen molar-refractivity contribution in [2.24, 2.45) is 0 Å². The molecule has 1 aliphatic heterocycles. The van der Waals surface area contributed by atoms with E-state index in [1.807, 2.05) is 26.8 Å². The minimum atomic E-state index is -0.461. The summed E-state index contributed by atoms with van der Waals surface area (Å²) in [5, 5.41) is 2.83. The van der Waals surface area contributed by atoms with Crippen LogP contribution in [0, 0.1) is 0 Å². The van der Waals surface area contributed by atoms with Crippen LogP contribution in [0.2, 0.25) is 0 Å². The molecule has 0 unspecified atom stereocenters. The molecule has 1 amide bonds. The zero-order chi connectivity index (χ0) is 16.7. The maximum Gasteiger partial charge on any atom is 0.407 e. The lowest BCUT2D eigenvalue weighted by Gasteiger charge is -2.35. The van der Waals surface area contributed by atoms with Crippen LogP contribution in [0.4, 0.5) is 4.79 Å². The molecular weight excluding hydrogens is 292 g/mol. The Balaban J connectivity index is 1.79. The SMILES string of the molecule is CC(C)(C)OC(=O)NCC[C@@H]1COCCN1Cc1ccccc1. The molecule has 5 nitrogen and oxygen atoms in total. The molecule has 0 bridgehead atoms.